The van der Waals surface area contributed by atoms with Gasteiger partial charge in [-0.3, -0.25) is 4.79 Å². The third kappa shape index (κ3) is 4.54. The minimum atomic E-state index is -0.161. The average molecular weight is 384 g/mol. The number of hydrogen-bond donors (Lipinski definition) is 1. The molecule has 9 heteroatoms. The number of thioether (sulfide) groups is 1. The Morgan fingerprint density at radius 3 is 2.78 bits per heavy atom. The van der Waals surface area contributed by atoms with Crippen LogP contribution in [-0.4, -0.2) is 36.7 Å². The lowest BCUT2D eigenvalue weighted by atomic mass is 9.91. The summed E-state index contributed by atoms with van der Waals surface area (Å²) in [6.07, 6.45) is 10.5. The fourth-order valence-electron chi connectivity index (χ4n) is 3.22. The van der Waals surface area contributed by atoms with E-state index in [4.69, 9.17) is 4.42 Å². The maximum atomic E-state index is 12.4. The minimum Gasteiger partial charge on any atom is -0.455 e. The lowest BCUT2D eigenvalue weighted by Gasteiger charge is -2.28. The van der Waals surface area contributed by atoms with Crippen LogP contribution in [0.3, 0.4) is 0 Å². The molecule has 3 heterocycles. The molecule has 27 heavy (non-hydrogen) atoms. The molecule has 0 saturated heterocycles. The Hall–Kier alpha value is -2.68. The maximum Gasteiger partial charge on any atom is 0.287 e. The van der Waals surface area contributed by atoms with E-state index in [1.165, 1.54) is 11.8 Å². The Morgan fingerprint density at radius 1 is 1.22 bits per heavy atom. The van der Waals surface area contributed by atoms with E-state index in [2.05, 4.69) is 25.4 Å². The summed E-state index contributed by atoms with van der Waals surface area (Å²) in [5.41, 5.74) is 0. The van der Waals surface area contributed by atoms with Crippen molar-refractivity contribution in [3.63, 3.8) is 0 Å². The molecular weight excluding hydrogens is 364 g/mol. The minimum absolute atomic E-state index is 0.161. The van der Waals surface area contributed by atoms with Gasteiger partial charge in [0.1, 0.15) is 18.4 Å². The predicted octanol–water partition coefficient (Wildman–Crippen LogP) is 2.87. The number of nitrogens with zero attached hydrogens (tertiary/aromatic N) is 5. The Bertz CT molecular complexity index is 859. The topological polar surface area (TPSA) is 98.7 Å². The molecule has 1 N–H and O–H groups in total. The zero-order chi connectivity index (χ0) is 18.5. The molecular formula is C18H20N6O2S. The highest BCUT2D eigenvalue weighted by molar-refractivity contribution is 7.98. The van der Waals surface area contributed by atoms with Crippen molar-refractivity contribution in [2.45, 2.75) is 48.7 Å². The molecule has 1 aliphatic carbocycles. The molecule has 1 fully saturated rings. The molecule has 3 aromatic heterocycles. The van der Waals surface area contributed by atoms with Crippen LogP contribution in [0.4, 0.5) is 0 Å². The van der Waals surface area contributed by atoms with Crippen molar-refractivity contribution in [2.24, 2.45) is 0 Å². The molecule has 0 radical (unpaired) electrons. The van der Waals surface area contributed by atoms with Crippen LogP contribution >= 0.6 is 11.8 Å². The van der Waals surface area contributed by atoms with Gasteiger partial charge < -0.3 is 9.73 Å². The summed E-state index contributed by atoms with van der Waals surface area (Å²) in [7, 11) is 0. The standard InChI is InChI=1S/C18H20N6O2S/c25-17(23-13-2-4-14(5-3-13)24-12-19-11-22-24)16-7-6-15(26-16)10-27-18-20-8-1-9-21-18/h1,6-9,11-14H,2-5,10H2,(H,23,25). The first-order valence-electron chi connectivity index (χ1n) is 8.91. The summed E-state index contributed by atoms with van der Waals surface area (Å²) in [4.78, 5) is 24.8. The van der Waals surface area contributed by atoms with Crippen LogP contribution in [0.5, 0.6) is 0 Å². The summed E-state index contributed by atoms with van der Waals surface area (Å²) in [5.74, 6) is 1.50. The van der Waals surface area contributed by atoms with E-state index < -0.39 is 0 Å². The SMILES string of the molecule is O=C(NC1CCC(n2cncn2)CC1)c1ccc(CSc2ncccn2)o1. The molecule has 0 atom stereocenters. The van der Waals surface area contributed by atoms with Crippen LogP contribution in [0, 0.1) is 0 Å². The van der Waals surface area contributed by atoms with Crippen molar-refractivity contribution in [3.05, 3.63) is 54.8 Å². The largest absolute Gasteiger partial charge is 0.455 e. The molecule has 0 aromatic carbocycles. The Balaban J connectivity index is 1.26. The highest BCUT2D eigenvalue weighted by Crippen LogP contribution is 2.28. The Kier molecular flexibility index (Phi) is 5.47. The Labute approximate surface area is 160 Å². The van der Waals surface area contributed by atoms with E-state index in [9.17, 15) is 4.79 Å². The second kappa shape index (κ2) is 8.34. The van der Waals surface area contributed by atoms with Crippen molar-refractivity contribution < 1.29 is 9.21 Å². The molecule has 140 valence electrons. The summed E-state index contributed by atoms with van der Waals surface area (Å²) in [5, 5.41) is 7.97. The quantitative estimate of drug-likeness (QED) is 0.515. The van der Waals surface area contributed by atoms with E-state index in [0.717, 1.165) is 31.4 Å². The highest BCUT2D eigenvalue weighted by atomic mass is 32.2. The number of furan rings is 1. The van der Waals surface area contributed by atoms with Crippen LogP contribution in [0.1, 0.15) is 48.0 Å². The first kappa shape index (κ1) is 17.7. The first-order chi connectivity index (χ1) is 13.3. The highest BCUT2D eigenvalue weighted by Gasteiger charge is 2.25. The number of carbonyl (C=O) groups is 1. The van der Waals surface area contributed by atoms with Crippen molar-refractivity contribution in [1.29, 1.82) is 0 Å². The van der Waals surface area contributed by atoms with Crippen LogP contribution in [-0.2, 0) is 5.75 Å². The van der Waals surface area contributed by atoms with E-state index in [1.807, 2.05) is 10.7 Å². The third-order valence-corrected chi connectivity index (χ3v) is 5.51. The van der Waals surface area contributed by atoms with Gasteiger partial charge in [-0.25, -0.2) is 19.6 Å². The number of rotatable bonds is 6. The smallest absolute Gasteiger partial charge is 0.287 e. The van der Waals surface area contributed by atoms with Gasteiger partial charge in [0.15, 0.2) is 10.9 Å². The van der Waals surface area contributed by atoms with Crippen molar-refractivity contribution in [3.8, 4) is 0 Å². The number of aromatic nitrogens is 5. The molecule has 0 spiro atoms. The van der Waals surface area contributed by atoms with Crippen LogP contribution in [0.2, 0.25) is 0 Å². The fraction of sp³-hybridized carbons (Fsp3) is 0.389. The van der Waals surface area contributed by atoms with Crippen LogP contribution in [0.15, 0.2) is 52.8 Å². The average Bonchev–Trinajstić information content (AvgIpc) is 3.40. The van der Waals surface area contributed by atoms with Gasteiger partial charge in [0.2, 0.25) is 0 Å². The van der Waals surface area contributed by atoms with Gasteiger partial charge in [0.25, 0.3) is 5.91 Å². The lowest BCUT2D eigenvalue weighted by molar-refractivity contribution is 0.0892. The fourth-order valence-corrected chi connectivity index (χ4v) is 3.92. The lowest BCUT2D eigenvalue weighted by Crippen LogP contribution is -2.37. The van der Waals surface area contributed by atoms with Gasteiger partial charge in [-0.05, 0) is 43.9 Å². The molecule has 0 bridgehead atoms. The third-order valence-electron chi connectivity index (χ3n) is 4.61. The number of nitrogens with one attached hydrogen (secondary N) is 1. The van der Waals surface area contributed by atoms with Crippen LogP contribution in [0.25, 0.3) is 0 Å². The molecule has 1 saturated carbocycles. The van der Waals surface area contributed by atoms with Gasteiger partial charge in [-0.2, -0.15) is 5.10 Å². The zero-order valence-corrected chi connectivity index (χ0v) is 15.5. The van der Waals surface area contributed by atoms with E-state index in [0.29, 0.717) is 22.7 Å². The molecule has 1 amide bonds. The van der Waals surface area contributed by atoms with E-state index >= 15 is 0 Å². The molecule has 0 aliphatic heterocycles. The molecule has 4 rings (SSSR count). The number of carbonyl (C=O) groups excluding carboxylic acids is 1. The summed E-state index contributed by atoms with van der Waals surface area (Å²) < 4.78 is 7.59. The van der Waals surface area contributed by atoms with Gasteiger partial charge in [-0.1, -0.05) is 11.8 Å². The normalized spacial score (nSPS) is 19.7. The predicted molar refractivity (Wildman–Crippen MR) is 99.1 cm³/mol. The number of amides is 1. The summed E-state index contributed by atoms with van der Waals surface area (Å²) in [6.45, 7) is 0. The maximum absolute atomic E-state index is 12.4. The van der Waals surface area contributed by atoms with Gasteiger partial charge in [0.05, 0.1) is 11.8 Å². The molecule has 1 aliphatic rings. The van der Waals surface area contributed by atoms with Gasteiger partial charge in [-0.15, -0.1) is 0 Å². The first-order valence-corrected chi connectivity index (χ1v) is 9.90. The molecule has 3 aromatic rings. The van der Waals surface area contributed by atoms with Crippen molar-refractivity contribution in [2.75, 3.05) is 0 Å². The van der Waals surface area contributed by atoms with Gasteiger partial charge >= 0.3 is 0 Å². The second-order valence-corrected chi connectivity index (χ2v) is 7.38. The van der Waals surface area contributed by atoms with Crippen molar-refractivity contribution in [1.82, 2.24) is 30.0 Å². The number of hydrogen-bond acceptors (Lipinski definition) is 7. The van der Waals surface area contributed by atoms with Crippen molar-refractivity contribution >= 4 is 17.7 Å². The monoisotopic (exact) mass is 384 g/mol. The summed E-state index contributed by atoms with van der Waals surface area (Å²) >= 11 is 1.47. The molecule has 0 unspecified atom stereocenters. The van der Waals surface area contributed by atoms with Gasteiger partial charge in [0, 0.05) is 18.4 Å². The zero-order valence-electron chi connectivity index (χ0n) is 14.7. The van der Waals surface area contributed by atoms with Crippen LogP contribution < -0.4 is 5.32 Å². The second-order valence-electron chi connectivity index (χ2n) is 6.44. The Morgan fingerprint density at radius 2 is 2.04 bits per heavy atom. The van der Waals surface area contributed by atoms with E-state index in [1.54, 1.807) is 37.2 Å². The summed E-state index contributed by atoms with van der Waals surface area (Å²) in [6, 6.07) is 5.86. The van der Waals surface area contributed by atoms with E-state index in [-0.39, 0.29) is 11.9 Å². The molecule has 8 nitrogen and oxygen atoms in total.